The molecule has 2 N–H and O–H groups in total. The number of ether oxygens (including phenoxy) is 1. The van der Waals surface area contributed by atoms with E-state index in [0.29, 0.717) is 12.2 Å². The molecule has 0 amide bonds. The van der Waals surface area contributed by atoms with Gasteiger partial charge < -0.3 is 15.2 Å². The highest BCUT2D eigenvalue weighted by Gasteiger charge is 2.13. The predicted molar refractivity (Wildman–Crippen MR) is 132 cm³/mol. The van der Waals surface area contributed by atoms with Gasteiger partial charge in [0.05, 0.1) is 11.1 Å². The summed E-state index contributed by atoms with van der Waals surface area (Å²) < 4.78 is 7.77. The Morgan fingerprint density at radius 2 is 1.88 bits per heavy atom. The van der Waals surface area contributed by atoms with Gasteiger partial charge in [0.2, 0.25) is 0 Å². The van der Waals surface area contributed by atoms with Crippen LogP contribution < -0.4 is 10.1 Å². The van der Waals surface area contributed by atoms with Crippen molar-refractivity contribution in [2.45, 2.75) is 39.2 Å². The van der Waals surface area contributed by atoms with E-state index >= 15 is 0 Å². The van der Waals surface area contributed by atoms with Gasteiger partial charge in [0, 0.05) is 23.3 Å². The molecule has 0 aliphatic rings. The van der Waals surface area contributed by atoms with E-state index in [-0.39, 0.29) is 0 Å². The first kappa shape index (κ1) is 21.8. The van der Waals surface area contributed by atoms with Gasteiger partial charge in [0.25, 0.3) is 0 Å². The van der Waals surface area contributed by atoms with Crippen molar-refractivity contribution in [3.8, 4) is 11.5 Å². The first-order chi connectivity index (χ1) is 16.3. The fourth-order valence-electron chi connectivity index (χ4n) is 3.77. The summed E-state index contributed by atoms with van der Waals surface area (Å²) >= 11 is 0. The Balaban J connectivity index is 1.37. The van der Waals surface area contributed by atoms with Crippen LogP contribution in [0.2, 0.25) is 0 Å². The van der Waals surface area contributed by atoms with Crippen LogP contribution in [-0.2, 0) is 6.42 Å². The van der Waals surface area contributed by atoms with Crippen molar-refractivity contribution in [1.82, 2.24) is 24.6 Å². The van der Waals surface area contributed by atoms with E-state index in [2.05, 4.69) is 37.5 Å². The number of pyridine rings is 1. The van der Waals surface area contributed by atoms with E-state index in [0.717, 1.165) is 51.4 Å². The Morgan fingerprint density at radius 1 is 1.00 bits per heavy atom. The minimum Gasteiger partial charge on any atom is -0.457 e. The summed E-state index contributed by atoms with van der Waals surface area (Å²) in [5.41, 5.74) is 3.91. The SMILES string of the molecule is Cc1cc(Nc2ncnc3ccc(CCC(C)(C)O)cc23)ccc1Oc1ccn2ncnc2c1. The molecule has 34 heavy (non-hydrogen) atoms. The van der Waals surface area contributed by atoms with E-state index in [4.69, 9.17) is 4.74 Å². The first-order valence-electron chi connectivity index (χ1n) is 11.1. The summed E-state index contributed by atoms with van der Waals surface area (Å²) in [6, 6.07) is 15.8. The van der Waals surface area contributed by atoms with Crippen molar-refractivity contribution in [1.29, 1.82) is 0 Å². The zero-order chi connectivity index (χ0) is 23.7. The van der Waals surface area contributed by atoms with Crippen molar-refractivity contribution in [2.24, 2.45) is 0 Å². The number of nitrogens with zero attached hydrogens (tertiary/aromatic N) is 5. The highest BCUT2D eigenvalue weighted by Crippen LogP contribution is 2.30. The number of benzene rings is 2. The third kappa shape index (κ3) is 4.82. The monoisotopic (exact) mass is 454 g/mol. The highest BCUT2D eigenvalue weighted by molar-refractivity contribution is 5.91. The molecule has 0 saturated heterocycles. The lowest BCUT2D eigenvalue weighted by Gasteiger charge is -2.17. The minimum atomic E-state index is -0.703. The van der Waals surface area contributed by atoms with Crippen LogP contribution in [-0.4, -0.2) is 35.3 Å². The topological polar surface area (TPSA) is 97.5 Å². The van der Waals surface area contributed by atoms with Crippen molar-refractivity contribution < 1.29 is 9.84 Å². The number of aromatic nitrogens is 5. The van der Waals surface area contributed by atoms with Crippen LogP contribution in [0.25, 0.3) is 16.6 Å². The molecule has 5 rings (SSSR count). The molecular formula is C26H26N6O2. The van der Waals surface area contributed by atoms with Gasteiger partial charge in [-0.3, -0.25) is 0 Å². The Labute approximate surface area is 197 Å². The van der Waals surface area contributed by atoms with E-state index in [1.807, 2.05) is 63.4 Å². The quantitative estimate of drug-likeness (QED) is 0.348. The van der Waals surface area contributed by atoms with E-state index in [1.54, 1.807) is 10.8 Å². The van der Waals surface area contributed by atoms with Crippen molar-refractivity contribution in [3.63, 3.8) is 0 Å². The average molecular weight is 455 g/mol. The van der Waals surface area contributed by atoms with Crippen LogP contribution in [0.1, 0.15) is 31.4 Å². The van der Waals surface area contributed by atoms with Crippen LogP contribution in [0.4, 0.5) is 11.5 Å². The third-order valence-corrected chi connectivity index (χ3v) is 5.64. The van der Waals surface area contributed by atoms with Crippen LogP contribution in [0.15, 0.2) is 67.4 Å². The summed E-state index contributed by atoms with van der Waals surface area (Å²) in [5, 5.41) is 18.5. The summed E-state index contributed by atoms with van der Waals surface area (Å²) in [7, 11) is 0. The van der Waals surface area contributed by atoms with E-state index < -0.39 is 5.60 Å². The molecule has 0 radical (unpaired) electrons. The zero-order valence-electron chi connectivity index (χ0n) is 19.4. The molecule has 3 aromatic heterocycles. The Hall–Kier alpha value is -4.04. The molecule has 3 heterocycles. The smallest absolute Gasteiger partial charge is 0.158 e. The molecule has 5 aromatic rings. The maximum atomic E-state index is 10.1. The van der Waals surface area contributed by atoms with Crippen LogP contribution in [0.3, 0.4) is 0 Å². The fraction of sp³-hybridized carbons (Fsp3) is 0.231. The fourth-order valence-corrected chi connectivity index (χ4v) is 3.77. The van der Waals surface area contributed by atoms with Crippen molar-refractivity contribution in [3.05, 3.63) is 78.5 Å². The zero-order valence-corrected chi connectivity index (χ0v) is 19.4. The number of hydrogen-bond donors (Lipinski definition) is 2. The molecule has 0 unspecified atom stereocenters. The number of aryl methyl sites for hydroxylation is 2. The Morgan fingerprint density at radius 3 is 2.71 bits per heavy atom. The third-order valence-electron chi connectivity index (χ3n) is 5.64. The maximum absolute atomic E-state index is 10.1. The normalized spacial score (nSPS) is 11.8. The average Bonchev–Trinajstić information content (AvgIpc) is 3.27. The molecule has 0 spiro atoms. The summed E-state index contributed by atoms with van der Waals surface area (Å²) in [6.07, 6.45) is 6.35. The molecule has 0 fully saturated rings. The second kappa shape index (κ2) is 8.72. The number of aliphatic hydroxyl groups is 1. The molecule has 0 atom stereocenters. The van der Waals surface area contributed by atoms with Crippen molar-refractivity contribution >= 4 is 28.1 Å². The van der Waals surface area contributed by atoms with Gasteiger partial charge in [0.1, 0.15) is 30.0 Å². The lowest BCUT2D eigenvalue weighted by Crippen LogP contribution is -2.19. The summed E-state index contributed by atoms with van der Waals surface area (Å²) in [5.74, 6) is 2.20. The highest BCUT2D eigenvalue weighted by atomic mass is 16.5. The number of rotatable bonds is 7. The molecular weight excluding hydrogens is 428 g/mol. The number of nitrogens with one attached hydrogen (secondary N) is 1. The van der Waals surface area contributed by atoms with Crippen LogP contribution >= 0.6 is 0 Å². The second-order valence-corrected chi connectivity index (χ2v) is 9.02. The molecule has 0 saturated carbocycles. The van der Waals surface area contributed by atoms with E-state index in [1.165, 1.54) is 6.33 Å². The molecule has 0 aliphatic carbocycles. The molecule has 8 heteroatoms. The minimum absolute atomic E-state index is 0.680. The van der Waals surface area contributed by atoms with E-state index in [9.17, 15) is 5.11 Å². The molecule has 172 valence electrons. The largest absolute Gasteiger partial charge is 0.457 e. The molecule has 2 aromatic carbocycles. The van der Waals surface area contributed by atoms with Gasteiger partial charge in [-0.25, -0.2) is 19.5 Å². The Kier molecular flexibility index (Phi) is 5.59. The van der Waals surface area contributed by atoms with Gasteiger partial charge in [-0.1, -0.05) is 6.07 Å². The maximum Gasteiger partial charge on any atom is 0.158 e. The van der Waals surface area contributed by atoms with Gasteiger partial charge in [-0.05, 0) is 81.1 Å². The van der Waals surface area contributed by atoms with Crippen molar-refractivity contribution in [2.75, 3.05) is 5.32 Å². The standard InChI is InChI=1S/C26H26N6O2/c1-17-12-19(5-7-23(17)34-20-9-11-32-24(14-20)28-16-30-32)31-25-21-13-18(8-10-26(2,3)33)4-6-22(21)27-15-29-25/h4-7,9,11-16,33H,8,10H2,1-3H3,(H,27,29,31). The lowest BCUT2D eigenvalue weighted by molar-refractivity contribution is 0.0714. The van der Waals surface area contributed by atoms with Crippen LogP contribution in [0.5, 0.6) is 11.5 Å². The predicted octanol–water partition coefficient (Wildman–Crippen LogP) is 5.22. The number of anilines is 2. The van der Waals surface area contributed by atoms with Gasteiger partial charge in [-0.2, -0.15) is 5.10 Å². The molecule has 8 nitrogen and oxygen atoms in total. The number of fused-ring (bicyclic) bond motifs is 2. The number of hydrogen-bond acceptors (Lipinski definition) is 7. The molecule has 0 bridgehead atoms. The Bertz CT molecular complexity index is 1470. The van der Waals surface area contributed by atoms with Gasteiger partial charge >= 0.3 is 0 Å². The lowest BCUT2D eigenvalue weighted by atomic mass is 9.98. The first-order valence-corrected chi connectivity index (χ1v) is 11.1. The second-order valence-electron chi connectivity index (χ2n) is 9.02. The van der Waals surface area contributed by atoms with Gasteiger partial charge in [0.15, 0.2) is 5.65 Å². The summed E-state index contributed by atoms with van der Waals surface area (Å²) in [6.45, 7) is 5.66. The summed E-state index contributed by atoms with van der Waals surface area (Å²) in [4.78, 5) is 13.1. The van der Waals surface area contributed by atoms with Gasteiger partial charge in [-0.15, -0.1) is 0 Å². The molecule has 0 aliphatic heterocycles. The van der Waals surface area contributed by atoms with Crippen LogP contribution in [0, 0.1) is 6.92 Å².